The molecular formula is C21H23N7OS. The van der Waals surface area contributed by atoms with Gasteiger partial charge in [-0.05, 0) is 30.2 Å². The Morgan fingerprint density at radius 2 is 1.90 bits per heavy atom. The minimum atomic E-state index is -0.141. The highest BCUT2D eigenvalue weighted by atomic mass is 32.2. The lowest BCUT2D eigenvalue weighted by Gasteiger charge is -2.07. The molecule has 2 aromatic heterocycles. The van der Waals surface area contributed by atoms with Crippen LogP contribution in [0.15, 0.2) is 47.6 Å². The summed E-state index contributed by atoms with van der Waals surface area (Å²) in [6, 6.07) is 14.4. The molecule has 30 heavy (non-hydrogen) atoms. The van der Waals surface area contributed by atoms with E-state index in [2.05, 4.69) is 44.9 Å². The Kier molecular flexibility index (Phi) is 5.45. The minimum Gasteiger partial charge on any atom is -0.336 e. The molecule has 2 aromatic carbocycles. The van der Waals surface area contributed by atoms with E-state index in [9.17, 15) is 4.79 Å². The summed E-state index contributed by atoms with van der Waals surface area (Å²) in [5.74, 6) is 6.89. The van der Waals surface area contributed by atoms with E-state index in [4.69, 9.17) is 5.84 Å². The van der Waals surface area contributed by atoms with Crippen molar-refractivity contribution in [2.24, 2.45) is 7.05 Å². The van der Waals surface area contributed by atoms with Gasteiger partial charge < -0.3 is 11.2 Å². The zero-order valence-corrected chi connectivity index (χ0v) is 17.9. The van der Waals surface area contributed by atoms with Crippen LogP contribution in [0.5, 0.6) is 0 Å². The molecule has 4 rings (SSSR count). The Morgan fingerprint density at radius 3 is 2.67 bits per heavy atom. The Bertz CT molecular complexity index is 1220. The van der Waals surface area contributed by atoms with Gasteiger partial charge in [0.05, 0.1) is 22.8 Å². The quantitative estimate of drug-likeness (QED) is 0.366. The topological polar surface area (TPSA) is 104 Å². The summed E-state index contributed by atoms with van der Waals surface area (Å²) < 4.78 is 3.20. The van der Waals surface area contributed by atoms with Crippen LogP contribution in [-0.2, 0) is 18.3 Å². The normalized spacial score (nSPS) is 11.2. The largest absolute Gasteiger partial charge is 0.336 e. The molecule has 0 aliphatic heterocycles. The van der Waals surface area contributed by atoms with Crippen molar-refractivity contribution in [3.05, 3.63) is 65.2 Å². The fourth-order valence-electron chi connectivity index (χ4n) is 3.40. The predicted molar refractivity (Wildman–Crippen MR) is 119 cm³/mol. The molecule has 9 heteroatoms. The number of fused-ring (bicyclic) bond motifs is 1. The molecule has 0 atom stereocenters. The fourth-order valence-corrected chi connectivity index (χ4v) is 4.08. The van der Waals surface area contributed by atoms with Gasteiger partial charge in [0.1, 0.15) is 0 Å². The number of hydrogen-bond donors (Lipinski definition) is 2. The number of nitrogen functional groups attached to an aromatic ring is 1. The van der Waals surface area contributed by atoms with E-state index in [1.165, 1.54) is 27.2 Å². The molecule has 0 bridgehead atoms. The minimum absolute atomic E-state index is 0.141. The SMILES string of the molecule is Cc1nn(C)c(C)c1NC(=O)CSc1nnc(Cc2cccc3ccccc23)n1N. The lowest BCUT2D eigenvalue weighted by molar-refractivity contribution is -0.113. The van der Waals surface area contributed by atoms with Crippen LogP contribution in [0.1, 0.15) is 22.8 Å². The van der Waals surface area contributed by atoms with Crippen LogP contribution >= 0.6 is 11.8 Å². The van der Waals surface area contributed by atoms with Crippen molar-refractivity contribution in [2.75, 3.05) is 16.9 Å². The molecule has 0 saturated heterocycles. The molecule has 3 N–H and O–H groups in total. The van der Waals surface area contributed by atoms with Gasteiger partial charge in [-0.1, -0.05) is 54.2 Å². The number of aromatic nitrogens is 5. The van der Waals surface area contributed by atoms with Gasteiger partial charge in [0.2, 0.25) is 11.1 Å². The Labute approximate surface area is 178 Å². The number of nitrogens with one attached hydrogen (secondary N) is 1. The van der Waals surface area contributed by atoms with Gasteiger partial charge in [-0.3, -0.25) is 9.48 Å². The van der Waals surface area contributed by atoms with Gasteiger partial charge >= 0.3 is 0 Å². The van der Waals surface area contributed by atoms with Crippen molar-refractivity contribution in [3.8, 4) is 0 Å². The number of rotatable bonds is 6. The lowest BCUT2D eigenvalue weighted by atomic mass is 10.0. The summed E-state index contributed by atoms with van der Waals surface area (Å²) in [5, 5.41) is 18.5. The van der Waals surface area contributed by atoms with Gasteiger partial charge in [0.15, 0.2) is 5.82 Å². The van der Waals surface area contributed by atoms with Gasteiger partial charge in [-0.25, -0.2) is 4.68 Å². The summed E-state index contributed by atoms with van der Waals surface area (Å²) in [6.07, 6.45) is 0.561. The molecule has 0 saturated carbocycles. The van der Waals surface area contributed by atoms with Crippen molar-refractivity contribution in [2.45, 2.75) is 25.4 Å². The molecule has 154 valence electrons. The number of carbonyl (C=O) groups is 1. The first-order valence-electron chi connectivity index (χ1n) is 9.53. The monoisotopic (exact) mass is 421 g/mol. The molecule has 1 amide bonds. The number of amides is 1. The molecule has 4 aromatic rings. The Morgan fingerprint density at radius 1 is 1.13 bits per heavy atom. The van der Waals surface area contributed by atoms with E-state index in [1.54, 1.807) is 4.68 Å². The second-order valence-electron chi connectivity index (χ2n) is 7.09. The maximum absolute atomic E-state index is 12.4. The lowest BCUT2D eigenvalue weighted by Crippen LogP contribution is -2.18. The summed E-state index contributed by atoms with van der Waals surface area (Å²) in [7, 11) is 1.85. The molecule has 0 unspecified atom stereocenters. The van der Waals surface area contributed by atoms with Crippen LogP contribution < -0.4 is 11.2 Å². The Hall–Kier alpha value is -3.33. The Balaban J connectivity index is 1.44. The first-order chi connectivity index (χ1) is 14.4. The number of thioether (sulfide) groups is 1. The second kappa shape index (κ2) is 8.19. The van der Waals surface area contributed by atoms with Crippen molar-refractivity contribution >= 4 is 34.1 Å². The number of aryl methyl sites for hydroxylation is 2. The zero-order chi connectivity index (χ0) is 21.3. The molecule has 0 spiro atoms. The standard InChI is InChI=1S/C21H23N7OS/c1-13-20(14(2)27(3)26-13)23-19(29)12-30-21-25-24-18(28(21)22)11-16-9-6-8-15-7-4-5-10-17(15)16/h4-10H,11-12,22H2,1-3H3,(H,23,29). The van der Waals surface area contributed by atoms with Crippen LogP contribution in [0.25, 0.3) is 10.8 Å². The van der Waals surface area contributed by atoms with Gasteiger partial charge in [0, 0.05) is 13.5 Å². The van der Waals surface area contributed by atoms with Gasteiger partial charge in [-0.2, -0.15) is 5.10 Å². The van der Waals surface area contributed by atoms with Crippen LogP contribution in [0.4, 0.5) is 5.69 Å². The van der Waals surface area contributed by atoms with Crippen LogP contribution in [0.2, 0.25) is 0 Å². The van der Waals surface area contributed by atoms with Gasteiger partial charge in [0.25, 0.3) is 0 Å². The van der Waals surface area contributed by atoms with Crippen molar-refractivity contribution in [1.29, 1.82) is 0 Å². The third kappa shape index (κ3) is 3.88. The highest BCUT2D eigenvalue weighted by molar-refractivity contribution is 7.99. The van der Waals surface area contributed by atoms with Crippen LogP contribution in [0.3, 0.4) is 0 Å². The highest BCUT2D eigenvalue weighted by Gasteiger charge is 2.16. The third-order valence-electron chi connectivity index (χ3n) is 5.07. The average molecular weight is 422 g/mol. The summed E-state index contributed by atoms with van der Waals surface area (Å²) in [5.41, 5.74) is 3.57. The molecule has 2 heterocycles. The number of anilines is 1. The molecular weight excluding hydrogens is 398 g/mol. The average Bonchev–Trinajstić information content (AvgIpc) is 3.20. The predicted octanol–water partition coefficient (Wildman–Crippen LogP) is 2.82. The molecule has 0 fully saturated rings. The number of nitrogens with two attached hydrogens (primary N) is 1. The van der Waals surface area contributed by atoms with E-state index < -0.39 is 0 Å². The van der Waals surface area contributed by atoms with E-state index in [-0.39, 0.29) is 11.7 Å². The maximum Gasteiger partial charge on any atom is 0.234 e. The van der Waals surface area contributed by atoms with Crippen LogP contribution in [-0.4, -0.2) is 36.3 Å². The fraction of sp³-hybridized carbons (Fsp3) is 0.238. The van der Waals surface area contributed by atoms with Crippen molar-refractivity contribution in [3.63, 3.8) is 0 Å². The number of carbonyl (C=O) groups excluding carboxylic acids is 1. The van der Waals surface area contributed by atoms with E-state index in [1.807, 2.05) is 39.1 Å². The number of hydrogen-bond acceptors (Lipinski definition) is 6. The first-order valence-corrected chi connectivity index (χ1v) is 10.5. The molecule has 0 aliphatic carbocycles. The van der Waals surface area contributed by atoms with Gasteiger partial charge in [-0.15, -0.1) is 10.2 Å². The molecule has 0 radical (unpaired) electrons. The summed E-state index contributed by atoms with van der Waals surface area (Å²) >= 11 is 1.25. The molecule has 0 aliphatic rings. The second-order valence-corrected chi connectivity index (χ2v) is 8.03. The van der Waals surface area contributed by atoms with E-state index >= 15 is 0 Å². The number of benzene rings is 2. The summed E-state index contributed by atoms with van der Waals surface area (Å²) in [4.78, 5) is 12.4. The molecule has 8 nitrogen and oxygen atoms in total. The first kappa shape index (κ1) is 20.0. The maximum atomic E-state index is 12.4. The van der Waals surface area contributed by atoms with Crippen molar-refractivity contribution in [1.82, 2.24) is 24.7 Å². The highest BCUT2D eigenvalue weighted by Crippen LogP contribution is 2.23. The zero-order valence-electron chi connectivity index (χ0n) is 17.1. The van der Waals surface area contributed by atoms with E-state index in [0.717, 1.165) is 22.6 Å². The number of nitrogens with zero attached hydrogens (tertiary/aromatic N) is 5. The summed E-state index contributed by atoms with van der Waals surface area (Å²) in [6.45, 7) is 3.78. The van der Waals surface area contributed by atoms with Crippen LogP contribution in [0, 0.1) is 13.8 Å². The van der Waals surface area contributed by atoms with Crippen molar-refractivity contribution < 1.29 is 4.79 Å². The smallest absolute Gasteiger partial charge is 0.234 e. The third-order valence-corrected chi connectivity index (χ3v) is 6.01. The van der Waals surface area contributed by atoms with E-state index in [0.29, 0.717) is 17.4 Å².